The normalized spacial score (nSPS) is 12.6. The van der Waals surface area contributed by atoms with E-state index < -0.39 is 4.92 Å². The van der Waals surface area contributed by atoms with Crippen LogP contribution in [0.5, 0.6) is 17.2 Å². The van der Waals surface area contributed by atoms with Crippen molar-refractivity contribution in [2.75, 3.05) is 13.9 Å². The fourth-order valence-electron chi connectivity index (χ4n) is 2.34. The average Bonchev–Trinajstić information content (AvgIpc) is 3.07. The summed E-state index contributed by atoms with van der Waals surface area (Å²) in [6, 6.07) is 11.4. The SMILES string of the molecule is COc1cc(/C=C(\C#N)c2ccc([N+](=O)[O-])cc2)cc2c1OCO2. The molecule has 0 atom stereocenters. The third-order valence-electron chi connectivity index (χ3n) is 3.50. The van der Waals surface area contributed by atoms with Crippen molar-refractivity contribution >= 4 is 17.3 Å². The molecule has 1 aliphatic rings. The summed E-state index contributed by atoms with van der Waals surface area (Å²) in [4.78, 5) is 10.2. The Morgan fingerprint density at radius 1 is 1.33 bits per heavy atom. The van der Waals surface area contributed by atoms with Crippen LogP contribution in [0, 0.1) is 21.4 Å². The Balaban J connectivity index is 1.99. The first-order valence-corrected chi connectivity index (χ1v) is 6.96. The van der Waals surface area contributed by atoms with Gasteiger partial charge in [-0.1, -0.05) is 0 Å². The molecule has 3 rings (SSSR count). The molecule has 2 aromatic carbocycles. The van der Waals surface area contributed by atoms with Crippen LogP contribution in [0.15, 0.2) is 36.4 Å². The number of nitro groups is 1. The zero-order valence-electron chi connectivity index (χ0n) is 12.7. The summed E-state index contributed by atoms with van der Waals surface area (Å²) in [6.45, 7) is 0.117. The van der Waals surface area contributed by atoms with Gasteiger partial charge in [-0.15, -0.1) is 0 Å². The molecule has 0 aromatic heterocycles. The minimum absolute atomic E-state index is 0.0270. The second-order valence-corrected chi connectivity index (χ2v) is 4.93. The molecule has 24 heavy (non-hydrogen) atoms. The van der Waals surface area contributed by atoms with Crippen molar-refractivity contribution in [3.8, 4) is 23.3 Å². The number of non-ortho nitro benzene ring substituents is 1. The molecule has 0 saturated heterocycles. The number of nitro benzene ring substituents is 1. The van der Waals surface area contributed by atoms with Gasteiger partial charge in [-0.25, -0.2) is 0 Å². The van der Waals surface area contributed by atoms with E-state index in [0.717, 1.165) is 0 Å². The van der Waals surface area contributed by atoms with Crippen LogP contribution in [0.1, 0.15) is 11.1 Å². The van der Waals surface area contributed by atoms with Crippen LogP contribution >= 0.6 is 0 Å². The maximum absolute atomic E-state index is 10.7. The molecule has 1 heterocycles. The molecule has 0 spiro atoms. The van der Waals surface area contributed by atoms with Crippen LogP contribution in [0.2, 0.25) is 0 Å². The van der Waals surface area contributed by atoms with E-state index in [-0.39, 0.29) is 12.5 Å². The third kappa shape index (κ3) is 2.85. The van der Waals surface area contributed by atoms with E-state index in [1.807, 2.05) is 0 Å². The predicted octanol–water partition coefficient (Wildman–Crippen LogP) is 3.40. The topological polar surface area (TPSA) is 94.6 Å². The van der Waals surface area contributed by atoms with Gasteiger partial charge in [-0.05, 0) is 41.5 Å². The first-order chi connectivity index (χ1) is 11.6. The largest absolute Gasteiger partial charge is 0.493 e. The number of nitrogens with zero attached hydrogens (tertiary/aromatic N) is 2. The standard InChI is InChI=1S/C17H12N2O5/c1-22-15-7-11(8-16-17(15)24-10-23-16)6-13(9-18)12-2-4-14(5-3-12)19(20)21/h2-8H,10H2,1H3/b13-6+. The van der Waals surface area contributed by atoms with Gasteiger partial charge >= 0.3 is 0 Å². The number of ether oxygens (including phenoxy) is 3. The van der Waals surface area contributed by atoms with Gasteiger partial charge in [0.05, 0.1) is 23.7 Å². The molecule has 7 heteroatoms. The van der Waals surface area contributed by atoms with Crippen molar-refractivity contribution in [1.82, 2.24) is 0 Å². The third-order valence-corrected chi connectivity index (χ3v) is 3.50. The van der Waals surface area contributed by atoms with Crippen molar-refractivity contribution in [3.63, 3.8) is 0 Å². The summed E-state index contributed by atoms with van der Waals surface area (Å²) in [6.07, 6.45) is 1.66. The summed E-state index contributed by atoms with van der Waals surface area (Å²) in [5.41, 5.74) is 1.62. The highest BCUT2D eigenvalue weighted by Crippen LogP contribution is 2.42. The molecule has 0 unspecified atom stereocenters. The maximum Gasteiger partial charge on any atom is 0.269 e. The lowest BCUT2D eigenvalue weighted by atomic mass is 10.0. The maximum atomic E-state index is 10.7. The van der Waals surface area contributed by atoms with Crippen molar-refractivity contribution in [2.45, 2.75) is 0 Å². The molecule has 0 bridgehead atoms. The first kappa shape index (κ1) is 15.4. The van der Waals surface area contributed by atoms with Gasteiger partial charge in [0.1, 0.15) is 0 Å². The predicted molar refractivity (Wildman–Crippen MR) is 85.7 cm³/mol. The number of methoxy groups -OCH3 is 1. The Morgan fingerprint density at radius 3 is 2.71 bits per heavy atom. The van der Waals surface area contributed by atoms with E-state index in [0.29, 0.717) is 33.9 Å². The fraction of sp³-hybridized carbons (Fsp3) is 0.118. The molecule has 0 radical (unpaired) electrons. The number of hydrogen-bond acceptors (Lipinski definition) is 6. The van der Waals surface area contributed by atoms with Crippen molar-refractivity contribution in [3.05, 3.63) is 57.6 Å². The molecule has 0 aliphatic carbocycles. The number of hydrogen-bond donors (Lipinski definition) is 0. The summed E-state index contributed by atoms with van der Waals surface area (Å²) in [5.74, 6) is 1.59. The molecular weight excluding hydrogens is 312 g/mol. The minimum atomic E-state index is -0.484. The van der Waals surface area contributed by atoms with Crippen molar-refractivity contribution in [1.29, 1.82) is 5.26 Å². The average molecular weight is 324 g/mol. The van der Waals surface area contributed by atoms with Crippen LogP contribution in [0.4, 0.5) is 5.69 Å². The Hall–Kier alpha value is -3.53. The van der Waals surface area contributed by atoms with Crippen LogP contribution in [-0.2, 0) is 0 Å². The van der Waals surface area contributed by atoms with Gasteiger partial charge in [-0.3, -0.25) is 10.1 Å². The van der Waals surface area contributed by atoms with Crippen LogP contribution in [0.3, 0.4) is 0 Å². The van der Waals surface area contributed by atoms with Crippen LogP contribution in [0.25, 0.3) is 11.6 Å². The minimum Gasteiger partial charge on any atom is -0.493 e. The smallest absolute Gasteiger partial charge is 0.269 e. The van der Waals surface area contributed by atoms with E-state index in [1.165, 1.54) is 31.4 Å². The Labute approximate surface area is 137 Å². The number of nitriles is 1. The lowest BCUT2D eigenvalue weighted by Gasteiger charge is -2.06. The fourth-order valence-corrected chi connectivity index (χ4v) is 2.34. The van der Waals surface area contributed by atoms with Gasteiger partial charge in [0.25, 0.3) is 5.69 Å². The van der Waals surface area contributed by atoms with E-state index >= 15 is 0 Å². The summed E-state index contributed by atoms with van der Waals surface area (Å²) in [5, 5.41) is 20.1. The number of rotatable bonds is 4. The van der Waals surface area contributed by atoms with Crippen LogP contribution in [-0.4, -0.2) is 18.8 Å². The molecule has 120 valence electrons. The van der Waals surface area contributed by atoms with Gasteiger partial charge in [0.2, 0.25) is 12.5 Å². The quantitative estimate of drug-likeness (QED) is 0.370. The van der Waals surface area contributed by atoms with E-state index in [4.69, 9.17) is 14.2 Å². The molecule has 0 fully saturated rings. The van der Waals surface area contributed by atoms with Gasteiger partial charge in [-0.2, -0.15) is 5.26 Å². The summed E-state index contributed by atoms with van der Waals surface area (Å²) in [7, 11) is 1.52. The van der Waals surface area contributed by atoms with E-state index in [2.05, 4.69) is 6.07 Å². The molecule has 2 aromatic rings. The molecule has 1 aliphatic heterocycles. The van der Waals surface area contributed by atoms with E-state index in [9.17, 15) is 15.4 Å². The summed E-state index contributed by atoms with van der Waals surface area (Å²) >= 11 is 0. The molecule has 0 N–H and O–H groups in total. The first-order valence-electron chi connectivity index (χ1n) is 6.96. The second-order valence-electron chi connectivity index (χ2n) is 4.93. The summed E-state index contributed by atoms with van der Waals surface area (Å²) < 4.78 is 16.0. The zero-order chi connectivity index (χ0) is 17.1. The highest BCUT2D eigenvalue weighted by Gasteiger charge is 2.19. The molecule has 7 nitrogen and oxygen atoms in total. The van der Waals surface area contributed by atoms with Crippen molar-refractivity contribution in [2.24, 2.45) is 0 Å². The number of benzene rings is 2. The lowest BCUT2D eigenvalue weighted by Crippen LogP contribution is -1.93. The number of allylic oxidation sites excluding steroid dienone is 1. The van der Waals surface area contributed by atoms with Gasteiger partial charge in [0.15, 0.2) is 11.5 Å². The number of fused-ring (bicyclic) bond motifs is 1. The zero-order valence-corrected chi connectivity index (χ0v) is 12.7. The highest BCUT2D eigenvalue weighted by molar-refractivity contribution is 5.90. The van der Waals surface area contributed by atoms with Crippen molar-refractivity contribution < 1.29 is 19.1 Å². The Bertz CT molecular complexity index is 866. The molecule has 0 amide bonds. The Kier molecular flexibility index (Phi) is 4.03. The van der Waals surface area contributed by atoms with Crippen LogP contribution < -0.4 is 14.2 Å². The van der Waals surface area contributed by atoms with Gasteiger partial charge in [0, 0.05) is 12.1 Å². The lowest BCUT2D eigenvalue weighted by molar-refractivity contribution is -0.384. The highest BCUT2D eigenvalue weighted by atomic mass is 16.7. The monoisotopic (exact) mass is 324 g/mol. The molecule has 0 saturated carbocycles. The van der Waals surface area contributed by atoms with Gasteiger partial charge < -0.3 is 14.2 Å². The van der Waals surface area contributed by atoms with E-state index in [1.54, 1.807) is 18.2 Å². The second kappa shape index (κ2) is 6.30. The Morgan fingerprint density at radius 2 is 2.08 bits per heavy atom. The molecular formula is C17H12N2O5.